The molecule has 1 aliphatic carbocycles. The molecule has 2 heterocycles. The minimum absolute atomic E-state index is 0.00420. The molecule has 25 heavy (non-hydrogen) atoms. The molecule has 3 N–H and O–H groups in total. The summed E-state index contributed by atoms with van der Waals surface area (Å²) in [6.45, 7) is 5.76. The van der Waals surface area contributed by atoms with E-state index in [2.05, 4.69) is 15.4 Å². The van der Waals surface area contributed by atoms with Crippen LogP contribution < -0.4 is 11.1 Å². The van der Waals surface area contributed by atoms with Gasteiger partial charge in [-0.25, -0.2) is 18.4 Å². The maximum atomic E-state index is 13.4. The first-order chi connectivity index (χ1) is 11.6. The van der Waals surface area contributed by atoms with Gasteiger partial charge in [-0.2, -0.15) is 5.10 Å². The number of pyridine rings is 1. The Labute approximate surface area is 146 Å². The Morgan fingerprint density at radius 2 is 1.96 bits per heavy atom. The molecule has 7 heteroatoms. The van der Waals surface area contributed by atoms with E-state index in [0.717, 1.165) is 11.3 Å². The fraction of sp³-hybridized carbons (Fsp3) is 0.556. The van der Waals surface area contributed by atoms with Crippen molar-refractivity contribution in [3.63, 3.8) is 0 Å². The Bertz CT molecular complexity index is 738. The van der Waals surface area contributed by atoms with Crippen molar-refractivity contribution in [3.8, 4) is 5.82 Å². The van der Waals surface area contributed by atoms with E-state index < -0.39 is 11.5 Å². The van der Waals surface area contributed by atoms with Crippen LogP contribution in [0.1, 0.15) is 50.8 Å². The Hall–Kier alpha value is -2.02. The van der Waals surface area contributed by atoms with Crippen LogP contribution in [0.2, 0.25) is 0 Å². The van der Waals surface area contributed by atoms with Crippen LogP contribution in [-0.4, -0.2) is 26.7 Å². The van der Waals surface area contributed by atoms with Gasteiger partial charge in [0.1, 0.15) is 5.82 Å². The summed E-state index contributed by atoms with van der Waals surface area (Å²) >= 11 is 0. The SMILES string of the molecule is Cc1ccn(-c2cc(C(C)(C)N)cc(NC3CCC(F)(F)CC3)n2)n1. The molecule has 1 fully saturated rings. The third kappa shape index (κ3) is 4.34. The predicted octanol–water partition coefficient (Wildman–Crippen LogP) is 3.76. The molecule has 0 amide bonds. The molecule has 0 aliphatic heterocycles. The molecule has 2 aromatic heterocycles. The molecular formula is C18H25F2N5. The first-order valence-corrected chi connectivity index (χ1v) is 8.61. The molecule has 5 nitrogen and oxygen atoms in total. The third-order valence-electron chi connectivity index (χ3n) is 4.58. The Kier molecular flexibility index (Phi) is 4.53. The second-order valence-electron chi connectivity index (χ2n) is 7.50. The van der Waals surface area contributed by atoms with Crippen LogP contribution in [0.25, 0.3) is 5.82 Å². The molecule has 0 spiro atoms. The van der Waals surface area contributed by atoms with Gasteiger partial charge in [0.25, 0.3) is 0 Å². The normalized spacial score (nSPS) is 18.3. The smallest absolute Gasteiger partial charge is 0.248 e. The summed E-state index contributed by atoms with van der Waals surface area (Å²) in [5.74, 6) is -1.23. The number of alkyl halides is 2. The standard InChI is InChI=1S/C18H25F2N5/c1-12-6-9-25(24-12)16-11-13(17(2,3)21)10-15(23-16)22-14-4-7-18(19,20)8-5-14/h6,9-11,14H,4-5,7-8,21H2,1-3H3,(H,22,23). The number of aryl methyl sites for hydroxylation is 1. The number of nitrogens with zero attached hydrogens (tertiary/aromatic N) is 3. The van der Waals surface area contributed by atoms with Crippen LogP contribution in [0.5, 0.6) is 0 Å². The quantitative estimate of drug-likeness (QED) is 0.882. The van der Waals surface area contributed by atoms with E-state index >= 15 is 0 Å². The average molecular weight is 349 g/mol. The number of hydrogen-bond donors (Lipinski definition) is 2. The van der Waals surface area contributed by atoms with Crippen molar-refractivity contribution in [1.82, 2.24) is 14.8 Å². The molecular weight excluding hydrogens is 324 g/mol. The highest BCUT2D eigenvalue weighted by molar-refractivity contribution is 5.46. The molecule has 0 radical (unpaired) electrons. The van der Waals surface area contributed by atoms with Gasteiger partial charge in [0.05, 0.1) is 5.69 Å². The zero-order chi connectivity index (χ0) is 18.2. The highest BCUT2D eigenvalue weighted by Crippen LogP contribution is 2.34. The lowest BCUT2D eigenvalue weighted by molar-refractivity contribution is -0.0361. The second kappa shape index (κ2) is 6.37. The molecule has 0 saturated heterocycles. The molecule has 0 aromatic carbocycles. The zero-order valence-corrected chi connectivity index (χ0v) is 14.9. The van der Waals surface area contributed by atoms with Crippen LogP contribution in [0, 0.1) is 6.92 Å². The fourth-order valence-electron chi connectivity index (χ4n) is 3.02. The van der Waals surface area contributed by atoms with Crippen molar-refractivity contribution in [1.29, 1.82) is 0 Å². The van der Waals surface area contributed by atoms with Gasteiger partial charge in [-0.3, -0.25) is 0 Å². The van der Waals surface area contributed by atoms with Crippen molar-refractivity contribution < 1.29 is 8.78 Å². The van der Waals surface area contributed by atoms with Crippen molar-refractivity contribution in [2.24, 2.45) is 5.73 Å². The number of nitrogens with two attached hydrogens (primary N) is 1. The molecule has 0 unspecified atom stereocenters. The Morgan fingerprint density at radius 3 is 2.52 bits per heavy atom. The van der Waals surface area contributed by atoms with E-state index in [-0.39, 0.29) is 18.9 Å². The highest BCUT2D eigenvalue weighted by Gasteiger charge is 2.35. The van der Waals surface area contributed by atoms with E-state index in [1.54, 1.807) is 4.68 Å². The van der Waals surface area contributed by atoms with E-state index in [9.17, 15) is 8.78 Å². The number of rotatable bonds is 4. The summed E-state index contributed by atoms with van der Waals surface area (Å²) in [7, 11) is 0. The van der Waals surface area contributed by atoms with Crippen LogP contribution >= 0.6 is 0 Å². The number of aromatic nitrogens is 3. The lowest BCUT2D eigenvalue weighted by atomic mass is 9.92. The number of nitrogens with one attached hydrogen (secondary N) is 1. The number of halogens is 2. The summed E-state index contributed by atoms with van der Waals surface area (Å²) in [6, 6.07) is 5.70. The van der Waals surface area contributed by atoms with E-state index in [1.165, 1.54) is 0 Å². The van der Waals surface area contributed by atoms with Crippen molar-refractivity contribution >= 4 is 5.82 Å². The van der Waals surface area contributed by atoms with Gasteiger partial charge in [-0.1, -0.05) is 0 Å². The molecule has 3 rings (SSSR count). The summed E-state index contributed by atoms with van der Waals surface area (Å²) in [5, 5.41) is 7.70. The van der Waals surface area contributed by atoms with Gasteiger partial charge >= 0.3 is 0 Å². The van der Waals surface area contributed by atoms with Gasteiger partial charge in [-0.05, 0) is 57.4 Å². The lowest BCUT2D eigenvalue weighted by Gasteiger charge is -2.29. The summed E-state index contributed by atoms with van der Waals surface area (Å²) in [6.07, 6.45) is 2.54. The largest absolute Gasteiger partial charge is 0.367 e. The molecule has 2 aromatic rings. The summed E-state index contributed by atoms with van der Waals surface area (Å²) in [5.41, 5.74) is 7.52. The monoisotopic (exact) mass is 349 g/mol. The van der Waals surface area contributed by atoms with E-state index in [0.29, 0.717) is 24.5 Å². The molecule has 0 atom stereocenters. The van der Waals surface area contributed by atoms with Crippen LogP contribution in [0.15, 0.2) is 24.4 Å². The minimum atomic E-state index is -2.54. The Morgan fingerprint density at radius 1 is 1.28 bits per heavy atom. The van der Waals surface area contributed by atoms with Gasteiger partial charge < -0.3 is 11.1 Å². The van der Waals surface area contributed by atoms with Crippen molar-refractivity contribution in [2.75, 3.05) is 5.32 Å². The maximum Gasteiger partial charge on any atom is 0.248 e. The summed E-state index contributed by atoms with van der Waals surface area (Å²) < 4.78 is 28.4. The maximum absolute atomic E-state index is 13.4. The van der Waals surface area contributed by atoms with E-state index in [1.807, 2.05) is 45.2 Å². The van der Waals surface area contributed by atoms with Gasteiger partial charge in [-0.15, -0.1) is 0 Å². The van der Waals surface area contributed by atoms with Crippen molar-refractivity contribution in [2.45, 2.75) is 64.0 Å². The molecule has 1 saturated carbocycles. The van der Waals surface area contributed by atoms with Crippen LogP contribution in [-0.2, 0) is 5.54 Å². The first kappa shape index (κ1) is 17.8. The molecule has 0 bridgehead atoms. The predicted molar refractivity (Wildman–Crippen MR) is 94.1 cm³/mol. The number of anilines is 1. The van der Waals surface area contributed by atoms with Crippen molar-refractivity contribution in [3.05, 3.63) is 35.7 Å². The fourth-order valence-corrected chi connectivity index (χ4v) is 3.02. The molecule has 1 aliphatic rings. The van der Waals surface area contributed by atoms with E-state index in [4.69, 9.17) is 5.73 Å². The van der Waals surface area contributed by atoms with Gasteiger partial charge in [0, 0.05) is 30.6 Å². The second-order valence-corrected chi connectivity index (χ2v) is 7.50. The van der Waals surface area contributed by atoms with Gasteiger partial charge in [0.2, 0.25) is 5.92 Å². The Balaban J connectivity index is 1.88. The summed E-state index contributed by atoms with van der Waals surface area (Å²) in [4.78, 5) is 4.61. The average Bonchev–Trinajstić information content (AvgIpc) is 2.95. The topological polar surface area (TPSA) is 68.8 Å². The first-order valence-electron chi connectivity index (χ1n) is 8.61. The zero-order valence-electron chi connectivity index (χ0n) is 14.9. The molecule has 136 valence electrons. The van der Waals surface area contributed by atoms with Crippen LogP contribution in [0.3, 0.4) is 0 Å². The lowest BCUT2D eigenvalue weighted by Crippen LogP contribution is -2.33. The number of hydrogen-bond acceptors (Lipinski definition) is 4. The third-order valence-corrected chi connectivity index (χ3v) is 4.58. The van der Waals surface area contributed by atoms with Gasteiger partial charge in [0.15, 0.2) is 5.82 Å². The van der Waals surface area contributed by atoms with Crippen LogP contribution in [0.4, 0.5) is 14.6 Å². The highest BCUT2D eigenvalue weighted by atomic mass is 19.3. The minimum Gasteiger partial charge on any atom is -0.367 e.